The third-order valence-electron chi connectivity index (χ3n) is 5.50. The number of rotatable bonds is 7. The lowest BCUT2D eigenvalue weighted by molar-refractivity contribution is -0.173. The van der Waals surface area contributed by atoms with E-state index in [1.54, 1.807) is 7.11 Å². The van der Waals surface area contributed by atoms with E-state index in [0.29, 0.717) is 25.1 Å². The first-order valence-electron chi connectivity index (χ1n) is 8.19. The normalized spacial score (nSPS) is 27.1. The van der Waals surface area contributed by atoms with Crippen LogP contribution in [0.5, 0.6) is 0 Å². The van der Waals surface area contributed by atoms with Crippen LogP contribution < -0.4 is 5.73 Å². The van der Waals surface area contributed by atoms with Gasteiger partial charge in [0.05, 0.1) is 18.6 Å². The van der Waals surface area contributed by atoms with Gasteiger partial charge in [0.25, 0.3) is 0 Å². The average Bonchev–Trinajstić information content (AvgIpc) is 3.00. The molecule has 5 nitrogen and oxygen atoms in total. The topological polar surface area (TPSA) is 64.8 Å². The van der Waals surface area contributed by atoms with Crippen LogP contribution >= 0.6 is 12.4 Å². The summed E-state index contributed by atoms with van der Waals surface area (Å²) in [4.78, 5) is 14.4. The van der Waals surface area contributed by atoms with Crippen molar-refractivity contribution in [3.05, 3.63) is 0 Å². The molecule has 2 aliphatic rings. The minimum Gasteiger partial charge on any atom is -0.380 e. The van der Waals surface area contributed by atoms with Gasteiger partial charge in [0, 0.05) is 38.8 Å². The molecule has 0 saturated heterocycles. The quantitative estimate of drug-likeness (QED) is 0.773. The largest absolute Gasteiger partial charge is 0.380 e. The first-order chi connectivity index (χ1) is 10.1. The molecule has 0 radical (unpaired) electrons. The molecule has 2 saturated carbocycles. The molecule has 1 amide bonds. The fraction of sp³-hybridized carbons (Fsp3) is 0.938. The SMILES string of the molecule is CCOC1CC(N(C)C(=O)CC(CN)OC)C12CCCC2.Cl. The third kappa shape index (κ3) is 3.58. The fourth-order valence-electron chi connectivity index (χ4n) is 4.17. The van der Waals surface area contributed by atoms with Gasteiger partial charge < -0.3 is 20.1 Å². The molecule has 0 aliphatic heterocycles. The van der Waals surface area contributed by atoms with Crippen molar-refractivity contribution in [3.63, 3.8) is 0 Å². The Bertz CT molecular complexity index is 357. The first kappa shape index (κ1) is 19.7. The van der Waals surface area contributed by atoms with Gasteiger partial charge in [-0.3, -0.25) is 4.79 Å². The highest BCUT2D eigenvalue weighted by Gasteiger charge is 2.58. The monoisotopic (exact) mass is 334 g/mol. The smallest absolute Gasteiger partial charge is 0.225 e. The van der Waals surface area contributed by atoms with Gasteiger partial charge in [0.1, 0.15) is 0 Å². The maximum atomic E-state index is 12.5. The molecule has 0 aromatic heterocycles. The molecule has 1 spiro atoms. The molecular formula is C16H31ClN2O3. The molecule has 3 unspecified atom stereocenters. The van der Waals surface area contributed by atoms with Crippen LogP contribution in [0.1, 0.15) is 45.4 Å². The molecule has 130 valence electrons. The minimum absolute atomic E-state index is 0. The summed E-state index contributed by atoms with van der Waals surface area (Å²) in [5, 5.41) is 0. The minimum atomic E-state index is -0.178. The summed E-state index contributed by atoms with van der Waals surface area (Å²) in [5.74, 6) is 0.138. The number of hydrogen-bond donors (Lipinski definition) is 1. The Hall–Kier alpha value is -0.360. The van der Waals surface area contributed by atoms with Crippen molar-refractivity contribution in [2.24, 2.45) is 11.1 Å². The molecule has 3 atom stereocenters. The molecule has 2 N–H and O–H groups in total. The van der Waals surface area contributed by atoms with E-state index < -0.39 is 0 Å². The molecule has 2 rings (SSSR count). The summed E-state index contributed by atoms with van der Waals surface area (Å²) in [7, 11) is 3.54. The molecule has 2 aliphatic carbocycles. The summed E-state index contributed by atoms with van der Waals surface area (Å²) in [5.41, 5.74) is 5.82. The Labute approximate surface area is 140 Å². The Morgan fingerprint density at radius 3 is 2.55 bits per heavy atom. The molecule has 22 heavy (non-hydrogen) atoms. The average molecular weight is 335 g/mol. The van der Waals surface area contributed by atoms with Gasteiger partial charge in [-0.2, -0.15) is 0 Å². The Morgan fingerprint density at radius 2 is 2.05 bits per heavy atom. The van der Waals surface area contributed by atoms with Gasteiger partial charge in [-0.1, -0.05) is 12.8 Å². The van der Waals surface area contributed by atoms with Crippen LogP contribution in [0.25, 0.3) is 0 Å². The number of carbonyl (C=O) groups excluding carboxylic acids is 1. The second kappa shape index (κ2) is 8.48. The fourth-order valence-corrected chi connectivity index (χ4v) is 4.17. The van der Waals surface area contributed by atoms with E-state index in [1.165, 1.54) is 25.7 Å². The number of amides is 1. The number of nitrogens with zero attached hydrogens (tertiary/aromatic N) is 1. The van der Waals surface area contributed by atoms with E-state index in [1.807, 2.05) is 11.9 Å². The van der Waals surface area contributed by atoms with Gasteiger partial charge in [-0.05, 0) is 26.2 Å². The van der Waals surface area contributed by atoms with E-state index in [2.05, 4.69) is 6.92 Å². The maximum Gasteiger partial charge on any atom is 0.225 e. The summed E-state index contributed by atoms with van der Waals surface area (Å²) < 4.78 is 11.1. The number of ether oxygens (including phenoxy) is 2. The van der Waals surface area contributed by atoms with Crippen molar-refractivity contribution < 1.29 is 14.3 Å². The lowest BCUT2D eigenvalue weighted by Crippen LogP contribution is -2.64. The van der Waals surface area contributed by atoms with E-state index >= 15 is 0 Å². The number of halogens is 1. The van der Waals surface area contributed by atoms with E-state index in [0.717, 1.165) is 13.0 Å². The highest BCUT2D eigenvalue weighted by Crippen LogP contribution is 2.56. The summed E-state index contributed by atoms with van der Waals surface area (Å²) in [6.45, 7) is 3.19. The van der Waals surface area contributed by atoms with E-state index in [-0.39, 0.29) is 29.8 Å². The van der Waals surface area contributed by atoms with Gasteiger partial charge in [0.2, 0.25) is 5.91 Å². The summed E-state index contributed by atoms with van der Waals surface area (Å²) in [6.07, 6.45) is 6.37. The third-order valence-corrected chi connectivity index (χ3v) is 5.50. The molecule has 2 fully saturated rings. The zero-order valence-corrected chi connectivity index (χ0v) is 14.9. The predicted octanol–water partition coefficient (Wildman–Crippen LogP) is 1.97. The molecule has 0 bridgehead atoms. The van der Waals surface area contributed by atoms with Crippen molar-refractivity contribution in [1.29, 1.82) is 0 Å². The maximum absolute atomic E-state index is 12.5. The van der Waals surface area contributed by atoms with Gasteiger partial charge >= 0.3 is 0 Å². The molecule has 0 heterocycles. The van der Waals surface area contributed by atoms with Crippen LogP contribution in [0, 0.1) is 5.41 Å². The van der Waals surface area contributed by atoms with Crippen molar-refractivity contribution in [1.82, 2.24) is 4.90 Å². The standard InChI is InChI=1S/C16H30N2O3.ClH/c1-4-21-14-10-13(16(14)7-5-6-8-16)18(2)15(19)9-12(11-17)20-3;/h12-14H,4-11,17H2,1-3H3;1H. The van der Waals surface area contributed by atoms with Crippen LogP contribution in [0.4, 0.5) is 0 Å². The summed E-state index contributed by atoms with van der Waals surface area (Å²) >= 11 is 0. The number of methoxy groups -OCH3 is 1. The van der Waals surface area contributed by atoms with Gasteiger partial charge in [0.15, 0.2) is 0 Å². The van der Waals surface area contributed by atoms with Crippen LogP contribution in [0.3, 0.4) is 0 Å². The second-order valence-electron chi connectivity index (χ2n) is 6.44. The van der Waals surface area contributed by atoms with Crippen molar-refractivity contribution in [3.8, 4) is 0 Å². The molecular weight excluding hydrogens is 304 g/mol. The van der Waals surface area contributed by atoms with E-state index in [9.17, 15) is 4.79 Å². The molecule has 0 aromatic carbocycles. The number of hydrogen-bond acceptors (Lipinski definition) is 4. The van der Waals surface area contributed by atoms with Gasteiger partial charge in [-0.15, -0.1) is 12.4 Å². The van der Waals surface area contributed by atoms with Crippen molar-refractivity contribution in [2.45, 2.75) is 63.7 Å². The predicted molar refractivity (Wildman–Crippen MR) is 89.2 cm³/mol. The van der Waals surface area contributed by atoms with Crippen LogP contribution in [-0.4, -0.2) is 56.4 Å². The van der Waals surface area contributed by atoms with Gasteiger partial charge in [-0.25, -0.2) is 0 Å². The zero-order valence-electron chi connectivity index (χ0n) is 14.0. The second-order valence-corrected chi connectivity index (χ2v) is 6.44. The lowest BCUT2D eigenvalue weighted by atomic mass is 9.60. The number of carbonyl (C=O) groups is 1. The lowest BCUT2D eigenvalue weighted by Gasteiger charge is -2.57. The van der Waals surface area contributed by atoms with Crippen molar-refractivity contribution in [2.75, 3.05) is 27.3 Å². The highest BCUT2D eigenvalue weighted by atomic mass is 35.5. The Kier molecular flexibility index (Phi) is 7.59. The Morgan fingerprint density at radius 1 is 1.41 bits per heavy atom. The molecule has 6 heteroatoms. The highest BCUT2D eigenvalue weighted by molar-refractivity contribution is 5.85. The van der Waals surface area contributed by atoms with E-state index in [4.69, 9.17) is 15.2 Å². The van der Waals surface area contributed by atoms with Crippen LogP contribution in [0.2, 0.25) is 0 Å². The number of nitrogens with two attached hydrogens (primary N) is 1. The zero-order chi connectivity index (χ0) is 15.5. The van der Waals surface area contributed by atoms with Crippen molar-refractivity contribution >= 4 is 18.3 Å². The van der Waals surface area contributed by atoms with Crippen LogP contribution in [0.15, 0.2) is 0 Å². The molecule has 0 aromatic rings. The summed E-state index contributed by atoms with van der Waals surface area (Å²) in [6, 6.07) is 0.319. The Balaban J connectivity index is 0.00000242. The first-order valence-corrected chi connectivity index (χ1v) is 8.19. The van der Waals surface area contributed by atoms with Crippen LogP contribution in [-0.2, 0) is 14.3 Å².